The van der Waals surface area contributed by atoms with E-state index in [-0.39, 0.29) is 12.0 Å². The predicted molar refractivity (Wildman–Crippen MR) is 164 cm³/mol. The number of carboxylic acid groups (broad SMARTS) is 1. The van der Waals surface area contributed by atoms with Gasteiger partial charge in [0.15, 0.2) is 5.65 Å². The smallest absolute Gasteiger partial charge is 0.308 e. The Labute approximate surface area is 246 Å². The highest BCUT2D eigenvalue weighted by Gasteiger charge is 2.33. The molecule has 0 aliphatic carbocycles. The summed E-state index contributed by atoms with van der Waals surface area (Å²) in [5, 5.41) is 14.8. The zero-order valence-corrected chi connectivity index (χ0v) is 24.8. The lowest BCUT2D eigenvalue weighted by Gasteiger charge is -2.40. The van der Waals surface area contributed by atoms with Crippen molar-refractivity contribution in [2.75, 3.05) is 31.2 Å². The number of aromatic nitrogens is 3. The monoisotopic (exact) mass is 566 g/mol. The second-order valence-corrected chi connectivity index (χ2v) is 11.7. The molecule has 2 aromatic heterocycles. The van der Waals surface area contributed by atoms with Gasteiger partial charge in [-0.05, 0) is 81.8 Å². The van der Waals surface area contributed by atoms with Crippen LogP contribution < -0.4 is 9.64 Å². The maximum atomic E-state index is 11.9. The largest absolute Gasteiger partial charge is 0.493 e. The minimum absolute atomic E-state index is 0.112. The van der Waals surface area contributed by atoms with Crippen molar-refractivity contribution in [1.29, 1.82) is 0 Å². The summed E-state index contributed by atoms with van der Waals surface area (Å²) < 4.78 is 14.5. The molecule has 0 atom stereocenters. The molecule has 4 aromatic rings. The van der Waals surface area contributed by atoms with Crippen LogP contribution in [0.2, 0.25) is 0 Å². The van der Waals surface area contributed by atoms with Gasteiger partial charge in [0.2, 0.25) is 0 Å². The number of anilines is 1. The van der Waals surface area contributed by atoms with Crippen molar-refractivity contribution < 1.29 is 19.4 Å². The molecule has 5 heterocycles. The molecule has 0 spiro atoms. The number of carboxylic acids is 1. The van der Waals surface area contributed by atoms with Gasteiger partial charge in [-0.15, -0.1) is 0 Å². The Hall–Kier alpha value is -4.17. The average molecular weight is 567 g/mol. The Morgan fingerprint density at radius 2 is 1.79 bits per heavy atom. The van der Waals surface area contributed by atoms with Crippen LogP contribution in [0.1, 0.15) is 48.6 Å². The summed E-state index contributed by atoms with van der Waals surface area (Å²) in [6.45, 7) is 10.9. The van der Waals surface area contributed by atoms with Crippen molar-refractivity contribution in [3.63, 3.8) is 0 Å². The van der Waals surface area contributed by atoms with Gasteiger partial charge in [-0.1, -0.05) is 30.4 Å². The zero-order valence-electron chi connectivity index (χ0n) is 24.8. The van der Waals surface area contributed by atoms with Crippen LogP contribution in [0, 0.1) is 20.8 Å². The molecule has 7 rings (SSSR count). The molecule has 8 heteroatoms. The Kier molecular flexibility index (Phi) is 7.49. The third-order valence-corrected chi connectivity index (χ3v) is 8.63. The maximum Gasteiger partial charge on any atom is 0.308 e. The van der Waals surface area contributed by atoms with E-state index in [0.29, 0.717) is 30.1 Å². The molecule has 3 aliphatic heterocycles. The lowest BCUT2D eigenvalue weighted by atomic mass is 9.93. The molecule has 1 N–H and O–H groups in total. The number of piperidine rings is 1. The number of aryl methyl sites for hydroxylation is 3. The molecule has 1 saturated heterocycles. The van der Waals surface area contributed by atoms with Gasteiger partial charge in [0.05, 0.1) is 30.9 Å². The van der Waals surface area contributed by atoms with Gasteiger partial charge in [0, 0.05) is 41.5 Å². The van der Waals surface area contributed by atoms with E-state index in [1.807, 2.05) is 23.6 Å². The summed E-state index contributed by atoms with van der Waals surface area (Å²) in [6, 6.07) is 14.6. The number of carbonyl (C=O) groups is 1. The third kappa shape index (κ3) is 5.51. The molecule has 3 aliphatic rings. The first-order chi connectivity index (χ1) is 20.2. The minimum Gasteiger partial charge on any atom is -0.493 e. The standard InChI is InChI=1S/C34H38N4O4/c1-22-17-28-25-9-8-10-26(19-25)29-21-31-35-24(3)27(20-32(39)40)33(38(31)36-29)37-13-11-34(4,12-14-37)42-16-7-5-6-15-41-30(28)18-23(22)2/h5,7-10,17-19,21H,6,11-16,20H2,1-4H3,(H,39,40)/b7-5+. The number of ether oxygens (including phenoxy) is 2. The van der Waals surface area contributed by atoms with E-state index in [9.17, 15) is 9.90 Å². The fourth-order valence-corrected chi connectivity index (χ4v) is 5.95. The number of nitrogens with zero attached hydrogens (tertiary/aromatic N) is 4. The Balaban J connectivity index is 1.51. The summed E-state index contributed by atoms with van der Waals surface area (Å²) in [5.41, 5.74) is 8.09. The van der Waals surface area contributed by atoms with Gasteiger partial charge < -0.3 is 19.5 Å². The number of aliphatic carboxylic acids is 1. The van der Waals surface area contributed by atoms with Crippen LogP contribution in [0.4, 0.5) is 5.82 Å². The van der Waals surface area contributed by atoms with Crippen LogP contribution in [0.3, 0.4) is 0 Å². The molecule has 8 nitrogen and oxygen atoms in total. The second-order valence-electron chi connectivity index (χ2n) is 11.7. The number of hydrogen-bond acceptors (Lipinski definition) is 6. The van der Waals surface area contributed by atoms with E-state index < -0.39 is 5.97 Å². The molecule has 0 saturated carbocycles. The molecular formula is C34H38N4O4. The summed E-state index contributed by atoms with van der Waals surface area (Å²) in [5.74, 6) is 0.786. The van der Waals surface area contributed by atoms with Gasteiger partial charge in [-0.3, -0.25) is 4.79 Å². The Morgan fingerprint density at radius 1 is 1.02 bits per heavy atom. The summed E-state index contributed by atoms with van der Waals surface area (Å²) >= 11 is 0. The lowest BCUT2D eigenvalue weighted by Crippen LogP contribution is -2.45. The molecule has 6 bridgehead atoms. The summed E-state index contributed by atoms with van der Waals surface area (Å²) in [4.78, 5) is 19.0. The van der Waals surface area contributed by atoms with Crippen LogP contribution in [0.25, 0.3) is 28.0 Å². The Bertz CT molecular complexity index is 1680. The van der Waals surface area contributed by atoms with E-state index in [1.165, 1.54) is 11.1 Å². The van der Waals surface area contributed by atoms with Crippen molar-refractivity contribution in [2.24, 2.45) is 0 Å². The van der Waals surface area contributed by atoms with Crippen molar-refractivity contribution >= 4 is 17.4 Å². The van der Waals surface area contributed by atoms with Crippen LogP contribution in [-0.4, -0.2) is 57.6 Å². The van der Waals surface area contributed by atoms with Crippen molar-refractivity contribution in [1.82, 2.24) is 14.6 Å². The first kappa shape index (κ1) is 28.0. The van der Waals surface area contributed by atoms with Crippen LogP contribution in [-0.2, 0) is 16.0 Å². The minimum atomic E-state index is -0.884. The van der Waals surface area contributed by atoms with E-state index in [4.69, 9.17) is 19.6 Å². The molecule has 0 unspecified atom stereocenters. The van der Waals surface area contributed by atoms with E-state index in [2.05, 4.69) is 68.2 Å². The zero-order chi connectivity index (χ0) is 29.4. The SMILES string of the molecule is Cc1cc2c(cc1C)-c1cccc(c1)-c1cc3nc(C)c(CC(=O)O)c(n3n1)N1CCC(C)(CC1)OC/C=C/CCO2. The first-order valence-electron chi connectivity index (χ1n) is 14.7. The molecule has 218 valence electrons. The van der Waals surface area contributed by atoms with Crippen LogP contribution in [0.15, 0.2) is 54.6 Å². The number of rotatable bonds is 2. The summed E-state index contributed by atoms with van der Waals surface area (Å²) in [7, 11) is 0. The lowest BCUT2D eigenvalue weighted by molar-refractivity contribution is -0.136. The predicted octanol–water partition coefficient (Wildman–Crippen LogP) is 6.33. The number of fused-ring (bicyclic) bond motifs is 7. The number of benzene rings is 2. The van der Waals surface area contributed by atoms with E-state index in [1.54, 1.807) is 0 Å². The fraction of sp³-hybridized carbons (Fsp3) is 0.382. The van der Waals surface area contributed by atoms with Gasteiger partial charge >= 0.3 is 5.97 Å². The van der Waals surface area contributed by atoms with E-state index in [0.717, 1.165) is 66.3 Å². The van der Waals surface area contributed by atoms with Crippen LogP contribution >= 0.6 is 0 Å². The topological polar surface area (TPSA) is 89.2 Å². The Morgan fingerprint density at radius 3 is 2.57 bits per heavy atom. The summed E-state index contributed by atoms with van der Waals surface area (Å²) in [6.07, 6.45) is 6.54. The normalized spacial score (nSPS) is 17.6. The maximum absolute atomic E-state index is 11.9. The van der Waals surface area contributed by atoms with Gasteiger partial charge in [0.1, 0.15) is 11.6 Å². The van der Waals surface area contributed by atoms with Gasteiger partial charge in [-0.25, -0.2) is 4.98 Å². The van der Waals surface area contributed by atoms with E-state index >= 15 is 0 Å². The quantitative estimate of drug-likeness (QED) is 0.284. The molecular weight excluding hydrogens is 528 g/mol. The van der Waals surface area contributed by atoms with Crippen LogP contribution in [0.5, 0.6) is 5.75 Å². The highest BCUT2D eigenvalue weighted by atomic mass is 16.5. The molecule has 0 amide bonds. The van der Waals surface area contributed by atoms with Crippen molar-refractivity contribution in [3.8, 4) is 28.1 Å². The third-order valence-electron chi connectivity index (χ3n) is 8.63. The highest BCUT2D eigenvalue weighted by molar-refractivity contribution is 5.78. The molecule has 1 fully saturated rings. The highest BCUT2D eigenvalue weighted by Crippen LogP contribution is 2.37. The second kappa shape index (κ2) is 11.2. The fourth-order valence-electron chi connectivity index (χ4n) is 5.95. The van der Waals surface area contributed by atoms with Crippen molar-refractivity contribution in [2.45, 2.75) is 59.0 Å². The van der Waals surface area contributed by atoms with Gasteiger partial charge in [-0.2, -0.15) is 9.61 Å². The molecule has 0 radical (unpaired) electrons. The number of hydrogen-bond donors (Lipinski definition) is 1. The van der Waals surface area contributed by atoms with Gasteiger partial charge in [0.25, 0.3) is 0 Å². The molecule has 42 heavy (non-hydrogen) atoms. The average Bonchev–Trinajstić information content (AvgIpc) is 3.38. The first-order valence-corrected chi connectivity index (χ1v) is 14.7. The molecule has 2 aromatic carbocycles. The van der Waals surface area contributed by atoms with Crippen molar-refractivity contribution in [3.05, 3.63) is 77.0 Å².